The lowest BCUT2D eigenvalue weighted by atomic mass is 9.46. The molecule has 21 atom stereocenters. The molecule has 3 saturated carbocycles. The van der Waals surface area contributed by atoms with Crippen LogP contribution in [0.4, 0.5) is 0 Å². The van der Waals surface area contributed by atoms with Crippen LogP contribution < -0.4 is 0 Å². The van der Waals surface area contributed by atoms with E-state index >= 15 is 0 Å². The van der Waals surface area contributed by atoms with E-state index in [0.717, 1.165) is 37.7 Å². The molecule has 0 amide bonds. The van der Waals surface area contributed by atoms with E-state index in [2.05, 4.69) is 26.0 Å². The Bertz CT molecular complexity index is 1340. The molecule has 7 rings (SSSR count). The number of hydrogen-bond acceptors (Lipinski definition) is 13. The Morgan fingerprint density at radius 2 is 1.62 bits per heavy atom. The topological polar surface area (TPSA) is 208 Å². The summed E-state index contributed by atoms with van der Waals surface area (Å²) in [6, 6.07) is 0. The zero-order valence-corrected chi connectivity index (χ0v) is 31.1. The third kappa shape index (κ3) is 6.37. The fourth-order valence-electron chi connectivity index (χ4n) is 12.0. The number of fused-ring (bicyclic) bond motifs is 7. The fraction of sp³-hybridized carbons (Fsp3) is 0.897. The quantitative estimate of drug-likeness (QED) is 0.173. The molecule has 13 heteroatoms. The lowest BCUT2D eigenvalue weighted by Gasteiger charge is -2.59. The van der Waals surface area contributed by atoms with Crippen LogP contribution in [0.5, 0.6) is 0 Å². The van der Waals surface area contributed by atoms with Gasteiger partial charge in [0.25, 0.3) is 0 Å². The Hall–Kier alpha value is -1.04. The smallest absolute Gasteiger partial charge is 0.187 e. The van der Waals surface area contributed by atoms with Gasteiger partial charge in [-0.2, -0.15) is 0 Å². The van der Waals surface area contributed by atoms with Crippen LogP contribution in [0, 0.1) is 46.3 Å². The van der Waals surface area contributed by atoms with Gasteiger partial charge in [-0.15, -0.1) is 0 Å². The van der Waals surface area contributed by atoms with E-state index in [0.29, 0.717) is 24.7 Å². The van der Waals surface area contributed by atoms with E-state index in [9.17, 15) is 40.9 Å². The van der Waals surface area contributed by atoms with Gasteiger partial charge in [0.05, 0.1) is 24.9 Å². The summed E-state index contributed by atoms with van der Waals surface area (Å²) in [4.78, 5) is 0. The summed E-state index contributed by atoms with van der Waals surface area (Å²) < 4.78 is 30.4. The molecular formula is C39H62O13. The molecule has 8 N–H and O–H groups in total. The minimum Gasteiger partial charge on any atom is -0.396 e. The van der Waals surface area contributed by atoms with Gasteiger partial charge in [0.15, 0.2) is 18.9 Å². The number of hydrogen-bond donors (Lipinski definition) is 8. The predicted molar refractivity (Wildman–Crippen MR) is 185 cm³/mol. The average molecular weight is 739 g/mol. The highest BCUT2D eigenvalue weighted by Gasteiger charge is 2.66. The maximum atomic E-state index is 11.2. The molecule has 0 spiro atoms. The molecule has 4 aliphatic carbocycles. The summed E-state index contributed by atoms with van der Waals surface area (Å²) in [6.45, 7) is 9.77. The molecule has 0 bridgehead atoms. The Balaban J connectivity index is 1.08. The molecule has 0 aromatic rings. The van der Waals surface area contributed by atoms with Gasteiger partial charge >= 0.3 is 0 Å². The lowest BCUT2D eigenvalue weighted by molar-refractivity contribution is -0.369. The second-order valence-electron chi connectivity index (χ2n) is 17.7. The molecule has 6 fully saturated rings. The average Bonchev–Trinajstić information content (AvgIpc) is 3.45. The van der Waals surface area contributed by atoms with E-state index in [1.807, 2.05) is 13.8 Å². The third-order valence-corrected chi connectivity index (χ3v) is 14.8. The maximum Gasteiger partial charge on any atom is 0.187 e. The summed E-state index contributed by atoms with van der Waals surface area (Å²) in [7, 11) is 0. The molecule has 21 unspecified atom stereocenters. The van der Waals surface area contributed by atoms with Crippen LogP contribution in [0.1, 0.15) is 79.6 Å². The molecule has 3 aliphatic heterocycles. The maximum absolute atomic E-state index is 11.2. The number of rotatable bonds is 7. The number of aliphatic hydroxyl groups excluding tert-OH is 8. The summed E-state index contributed by atoms with van der Waals surface area (Å²) >= 11 is 0. The molecule has 0 radical (unpaired) electrons. The normalized spacial score (nSPS) is 54.6. The van der Waals surface area contributed by atoms with Gasteiger partial charge in [0.1, 0.15) is 42.7 Å². The van der Waals surface area contributed by atoms with Crippen LogP contribution in [0.25, 0.3) is 0 Å². The van der Waals surface area contributed by atoms with Gasteiger partial charge in [-0.05, 0) is 101 Å². The van der Waals surface area contributed by atoms with E-state index in [4.69, 9.17) is 23.7 Å². The van der Waals surface area contributed by atoms with E-state index in [1.165, 1.54) is 12.5 Å². The molecule has 3 heterocycles. The molecule has 0 aromatic heterocycles. The summed E-state index contributed by atoms with van der Waals surface area (Å²) in [5, 5.41) is 85.1. The summed E-state index contributed by atoms with van der Waals surface area (Å²) in [5.74, 6) is 1.34. The first kappa shape index (κ1) is 39.2. The summed E-state index contributed by atoms with van der Waals surface area (Å²) in [6.07, 6.45) is -4.58. The van der Waals surface area contributed by atoms with Gasteiger partial charge in [-0.1, -0.05) is 37.1 Å². The first-order valence-corrected chi connectivity index (χ1v) is 19.6. The molecule has 7 aliphatic rings. The van der Waals surface area contributed by atoms with Crippen molar-refractivity contribution < 1.29 is 64.5 Å². The molecule has 13 nitrogen and oxygen atoms in total. The van der Waals surface area contributed by atoms with Crippen molar-refractivity contribution in [2.24, 2.45) is 46.3 Å². The van der Waals surface area contributed by atoms with Gasteiger partial charge < -0.3 is 64.5 Å². The lowest BCUT2D eigenvalue weighted by Crippen LogP contribution is -2.64. The minimum atomic E-state index is -1.63. The number of ether oxygens (including phenoxy) is 5. The van der Waals surface area contributed by atoms with Crippen molar-refractivity contribution in [2.75, 3.05) is 13.2 Å². The van der Waals surface area contributed by atoms with Crippen molar-refractivity contribution in [3.05, 3.63) is 23.3 Å². The molecule has 3 saturated heterocycles. The first-order chi connectivity index (χ1) is 24.6. The Morgan fingerprint density at radius 1 is 0.865 bits per heavy atom. The highest BCUT2D eigenvalue weighted by atomic mass is 16.8. The number of aliphatic hydroxyl groups is 8. The second-order valence-corrected chi connectivity index (χ2v) is 17.7. The van der Waals surface area contributed by atoms with Crippen LogP contribution in [-0.4, -0.2) is 134 Å². The largest absolute Gasteiger partial charge is 0.396 e. The van der Waals surface area contributed by atoms with Crippen molar-refractivity contribution in [1.29, 1.82) is 0 Å². The Morgan fingerprint density at radius 3 is 2.31 bits per heavy atom. The highest BCUT2D eigenvalue weighted by Crippen LogP contribution is 2.69. The van der Waals surface area contributed by atoms with Crippen LogP contribution in [0.3, 0.4) is 0 Å². The molecular weight excluding hydrogens is 676 g/mol. The summed E-state index contributed by atoms with van der Waals surface area (Å²) in [5.41, 5.74) is 2.14. The first-order valence-electron chi connectivity index (χ1n) is 19.6. The zero-order chi connectivity index (χ0) is 37.4. The zero-order valence-electron chi connectivity index (χ0n) is 31.1. The van der Waals surface area contributed by atoms with Crippen LogP contribution in [0.15, 0.2) is 23.3 Å². The Kier molecular flexibility index (Phi) is 11.2. The molecule has 296 valence electrons. The molecule has 0 aromatic carbocycles. The van der Waals surface area contributed by atoms with Gasteiger partial charge in [0.2, 0.25) is 0 Å². The third-order valence-electron chi connectivity index (χ3n) is 14.8. The highest BCUT2D eigenvalue weighted by molar-refractivity contribution is 5.26. The van der Waals surface area contributed by atoms with E-state index in [1.54, 1.807) is 0 Å². The SMILES string of the molecule is CC(C)=CC1C(O)OC2CC3C4CC=C5CC(OC6OC(CO)C(O)C(O)C6OC6OC(C)C(O)C(O)C6O)CCC5(C)C4CCC3(CO)C2C1C. The van der Waals surface area contributed by atoms with E-state index < -0.39 is 74.3 Å². The van der Waals surface area contributed by atoms with Crippen LogP contribution >= 0.6 is 0 Å². The van der Waals surface area contributed by atoms with Crippen molar-refractivity contribution in [2.45, 2.75) is 159 Å². The van der Waals surface area contributed by atoms with Crippen molar-refractivity contribution in [3.63, 3.8) is 0 Å². The Labute approximate surface area is 306 Å². The fourth-order valence-corrected chi connectivity index (χ4v) is 12.0. The van der Waals surface area contributed by atoms with Crippen molar-refractivity contribution in [3.8, 4) is 0 Å². The van der Waals surface area contributed by atoms with Crippen LogP contribution in [-0.2, 0) is 23.7 Å². The minimum absolute atomic E-state index is 0.0748. The van der Waals surface area contributed by atoms with Crippen LogP contribution in [0.2, 0.25) is 0 Å². The predicted octanol–water partition coefficient (Wildman–Crippen LogP) is 1.12. The second kappa shape index (κ2) is 14.8. The number of allylic oxidation sites excluding steroid dienone is 2. The van der Waals surface area contributed by atoms with E-state index in [-0.39, 0.29) is 53.3 Å². The molecule has 52 heavy (non-hydrogen) atoms. The standard InChI is InChI=1S/C39H62O13/c1-17(2)12-23-18(3)28-26(50-35(23)47)14-25-22-7-6-20-13-21(8-10-38(20,5)24(22)9-11-39(25,28)16-41)49-37-34(32(45)30(43)27(15-40)51-37)52-36-33(46)31(44)29(42)19(4)48-36/h6,12,18-19,21-37,40-47H,7-11,13-16H2,1-5H3. The van der Waals surface area contributed by atoms with Crippen molar-refractivity contribution in [1.82, 2.24) is 0 Å². The van der Waals surface area contributed by atoms with Gasteiger partial charge in [-0.25, -0.2) is 0 Å². The monoisotopic (exact) mass is 738 g/mol. The van der Waals surface area contributed by atoms with Gasteiger partial charge in [-0.3, -0.25) is 0 Å². The van der Waals surface area contributed by atoms with Gasteiger partial charge in [0, 0.05) is 17.9 Å². The van der Waals surface area contributed by atoms with Crippen molar-refractivity contribution >= 4 is 0 Å².